The van der Waals surface area contributed by atoms with Crippen LogP contribution in [0.1, 0.15) is 23.7 Å². The van der Waals surface area contributed by atoms with E-state index in [0.29, 0.717) is 11.9 Å². The maximum absolute atomic E-state index is 11.2. The number of rotatable bonds is 4. The lowest BCUT2D eigenvalue weighted by Gasteiger charge is -2.02. The van der Waals surface area contributed by atoms with Gasteiger partial charge in [-0.05, 0) is 40.2 Å². The third-order valence-corrected chi connectivity index (χ3v) is 1.95. The molecule has 0 saturated heterocycles. The van der Waals surface area contributed by atoms with Gasteiger partial charge in [-0.3, -0.25) is 4.79 Å². The predicted molar refractivity (Wildman–Crippen MR) is 55.5 cm³/mol. The third-order valence-electron chi connectivity index (χ3n) is 1.72. The van der Waals surface area contributed by atoms with Crippen molar-refractivity contribution < 1.29 is 9.53 Å². The van der Waals surface area contributed by atoms with E-state index >= 15 is 0 Å². The van der Waals surface area contributed by atoms with Gasteiger partial charge < -0.3 is 4.74 Å². The zero-order chi connectivity index (χ0) is 9.68. The van der Waals surface area contributed by atoms with Gasteiger partial charge in [0.05, 0.1) is 0 Å². The van der Waals surface area contributed by atoms with Gasteiger partial charge in [0, 0.05) is 12.0 Å². The van der Waals surface area contributed by atoms with E-state index in [2.05, 4.69) is 15.9 Å². The minimum atomic E-state index is 0.158. The summed E-state index contributed by atoms with van der Waals surface area (Å²) in [7, 11) is 0. The lowest BCUT2D eigenvalue weighted by Crippen LogP contribution is -1.96. The van der Waals surface area contributed by atoms with E-state index in [1.54, 1.807) is 24.3 Å². The molecule has 1 rings (SSSR count). The van der Waals surface area contributed by atoms with E-state index in [4.69, 9.17) is 4.74 Å². The number of carbonyl (C=O) groups is 1. The molecule has 0 saturated carbocycles. The van der Waals surface area contributed by atoms with Crippen LogP contribution in [0.3, 0.4) is 0 Å². The van der Waals surface area contributed by atoms with Crippen LogP contribution in [0.2, 0.25) is 0 Å². The summed E-state index contributed by atoms with van der Waals surface area (Å²) >= 11 is 3.16. The number of halogens is 1. The smallest absolute Gasteiger partial charge is 0.162 e. The molecule has 0 N–H and O–H groups in total. The van der Waals surface area contributed by atoms with Crippen molar-refractivity contribution in [3.8, 4) is 5.75 Å². The van der Waals surface area contributed by atoms with Gasteiger partial charge in [0.1, 0.15) is 11.3 Å². The maximum atomic E-state index is 11.2. The number of alkyl halides is 1. The molecule has 1 aromatic rings. The second-order valence-corrected chi connectivity index (χ2v) is 3.01. The van der Waals surface area contributed by atoms with Gasteiger partial charge in [-0.25, -0.2) is 0 Å². The molecule has 70 valence electrons. The van der Waals surface area contributed by atoms with Crippen LogP contribution in [0.4, 0.5) is 0 Å². The topological polar surface area (TPSA) is 26.3 Å². The van der Waals surface area contributed by atoms with Crippen molar-refractivity contribution >= 4 is 21.7 Å². The van der Waals surface area contributed by atoms with Crippen LogP contribution in [0.15, 0.2) is 24.3 Å². The summed E-state index contributed by atoms with van der Waals surface area (Å²) in [6.45, 7) is 1.85. The van der Waals surface area contributed by atoms with Gasteiger partial charge in [-0.1, -0.05) is 6.92 Å². The van der Waals surface area contributed by atoms with Crippen molar-refractivity contribution in [3.63, 3.8) is 0 Å². The second kappa shape index (κ2) is 5.02. The monoisotopic (exact) mass is 242 g/mol. The lowest BCUT2D eigenvalue weighted by molar-refractivity contribution is 0.0988. The van der Waals surface area contributed by atoms with Crippen LogP contribution >= 0.6 is 15.9 Å². The van der Waals surface area contributed by atoms with Crippen LogP contribution in [0.25, 0.3) is 0 Å². The summed E-state index contributed by atoms with van der Waals surface area (Å²) in [6, 6.07) is 7.15. The zero-order valence-corrected chi connectivity index (χ0v) is 9.00. The van der Waals surface area contributed by atoms with Crippen molar-refractivity contribution in [1.82, 2.24) is 0 Å². The van der Waals surface area contributed by atoms with Crippen LogP contribution in [-0.2, 0) is 0 Å². The van der Waals surface area contributed by atoms with Gasteiger partial charge in [0.2, 0.25) is 0 Å². The molecule has 0 heterocycles. The molecule has 3 heteroatoms. The highest BCUT2D eigenvalue weighted by molar-refractivity contribution is 9.09. The van der Waals surface area contributed by atoms with Gasteiger partial charge in [-0.2, -0.15) is 0 Å². The molecule has 0 aliphatic carbocycles. The van der Waals surface area contributed by atoms with E-state index in [-0.39, 0.29) is 5.78 Å². The van der Waals surface area contributed by atoms with Crippen LogP contribution in [0.5, 0.6) is 5.75 Å². The molecule has 0 fully saturated rings. The first-order chi connectivity index (χ1) is 6.27. The minimum absolute atomic E-state index is 0.158. The highest BCUT2D eigenvalue weighted by Gasteiger charge is 2.01. The standard InChI is InChI=1S/C10H11BrO2/c1-2-10(12)8-3-5-9(6-4-8)13-7-11/h3-6H,2,7H2,1H3. The molecule has 13 heavy (non-hydrogen) atoms. The maximum Gasteiger partial charge on any atom is 0.162 e. The summed E-state index contributed by atoms with van der Waals surface area (Å²) in [5, 5.41) is 0. The van der Waals surface area contributed by atoms with E-state index in [1.165, 1.54) is 0 Å². The number of hydrogen-bond acceptors (Lipinski definition) is 2. The van der Waals surface area contributed by atoms with Crippen LogP contribution < -0.4 is 4.74 Å². The Hall–Kier alpha value is -0.830. The van der Waals surface area contributed by atoms with E-state index in [0.717, 1.165) is 11.3 Å². The number of carbonyl (C=O) groups excluding carboxylic acids is 1. The van der Waals surface area contributed by atoms with Crippen molar-refractivity contribution in [2.45, 2.75) is 13.3 Å². The Morgan fingerprint density at radius 3 is 2.46 bits per heavy atom. The van der Waals surface area contributed by atoms with Gasteiger partial charge >= 0.3 is 0 Å². The molecule has 0 aromatic heterocycles. The fourth-order valence-electron chi connectivity index (χ4n) is 1.00. The largest absolute Gasteiger partial charge is 0.482 e. The zero-order valence-electron chi connectivity index (χ0n) is 7.42. The third kappa shape index (κ3) is 2.84. The Morgan fingerprint density at radius 2 is 2.00 bits per heavy atom. The molecule has 0 bridgehead atoms. The average molecular weight is 243 g/mol. The summed E-state index contributed by atoms with van der Waals surface area (Å²) in [5.41, 5.74) is 1.21. The predicted octanol–water partition coefficient (Wildman–Crippen LogP) is 3.01. The van der Waals surface area contributed by atoms with E-state index in [1.807, 2.05) is 6.92 Å². The van der Waals surface area contributed by atoms with Crippen molar-refractivity contribution in [2.75, 3.05) is 5.52 Å². The number of benzene rings is 1. The van der Waals surface area contributed by atoms with E-state index < -0.39 is 0 Å². The number of Topliss-reactive ketones (excluding diaryl/α,β-unsaturated/α-hetero) is 1. The molecular weight excluding hydrogens is 232 g/mol. The van der Waals surface area contributed by atoms with Gasteiger partial charge in [-0.15, -0.1) is 0 Å². The molecule has 2 nitrogen and oxygen atoms in total. The van der Waals surface area contributed by atoms with E-state index in [9.17, 15) is 4.79 Å². The first-order valence-electron chi connectivity index (χ1n) is 4.10. The highest BCUT2D eigenvalue weighted by atomic mass is 79.9. The second-order valence-electron chi connectivity index (χ2n) is 2.55. The molecule has 0 radical (unpaired) electrons. The molecule has 0 unspecified atom stereocenters. The number of ketones is 1. The molecular formula is C10H11BrO2. The van der Waals surface area contributed by atoms with Crippen molar-refractivity contribution in [3.05, 3.63) is 29.8 Å². The summed E-state index contributed by atoms with van der Waals surface area (Å²) in [5.74, 6) is 0.926. The quantitative estimate of drug-likeness (QED) is 0.600. The first-order valence-corrected chi connectivity index (χ1v) is 5.22. The SMILES string of the molecule is CCC(=O)c1ccc(OCBr)cc1. The van der Waals surface area contributed by atoms with Crippen molar-refractivity contribution in [1.29, 1.82) is 0 Å². The van der Waals surface area contributed by atoms with Crippen molar-refractivity contribution in [2.24, 2.45) is 0 Å². The Labute approximate surface area is 86.0 Å². The fourth-order valence-corrected chi connectivity index (χ4v) is 1.27. The summed E-state index contributed by atoms with van der Waals surface area (Å²) < 4.78 is 5.18. The normalized spacial score (nSPS) is 9.69. The molecule has 0 amide bonds. The van der Waals surface area contributed by atoms with Crippen LogP contribution in [0, 0.1) is 0 Å². The van der Waals surface area contributed by atoms with Crippen LogP contribution in [-0.4, -0.2) is 11.3 Å². The molecule has 1 aromatic carbocycles. The molecule has 0 atom stereocenters. The molecule has 0 aliphatic heterocycles. The Kier molecular flexibility index (Phi) is 3.96. The highest BCUT2D eigenvalue weighted by Crippen LogP contribution is 2.13. The average Bonchev–Trinajstić information content (AvgIpc) is 2.18. The Morgan fingerprint density at radius 1 is 1.38 bits per heavy atom. The van der Waals surface area contributed by atoms with Gasteiger partial charge in [0.25, 0.3) is 0 Å². The minimum Gasteiger partial charge on any atom is -0.482 e. The summed E-state index contributed by atoms with van der Waals surface area (Å²) in [4.78, 5) is 11.2. The van der Waals surface area contributed by atoms with Gasteiger partial charge in [0.15, 0.2) is 5.78 Å². The summed E-state index contributed by atoms with van der Waals surface area (Å²) in [6.07, 6.45) is 0.540. The molecule has 0 aliphatic rings. The Balaban J connectivity index is 2.75. The number of ether oxygens (including phenoxy) is 1. The Bertz CT molecular complexity index is 279. The first kappa shape index (κ1) is 10.3. The molecule has 0 spiro atoms. The number of hydrogen-bond donors (Lipinski definition) is 0. The lowest BCUT2D eigenvalue weighted by atomic mass is 10.1. The fraction of sp³-hybridized carbons (Fsp3) is 0.300.